The van der Waals surface area contributed by atoms with Gasteiger partial charge in [0, 0.05) is 19.6 Å². The minimum atomic E-state index is -0.0426. The van der Waals surface area contributed by atoms with Crippen molar-refractivity contribution in [3.63, 3.8) is 0 Å². The minimum absolute atomic E-state index is 0.0426. The Morgan fingerprint density at radius 2 is 2.17 bits per heavy atom. The van der Waals surface area contributed by atoms with Crippen LogP contribution in [0.5, 0.6) is 5.75 Å². The van der Waals surface area contributed by atoms with E-state index in [9.17, 15) is 4.79 Å². The lowest BCUT2D eigenvalue weighted by atomic mass is 10.1. The molecule has 1 heterocycles. The molecule has 0 radical (unpaired) electrons. The molecule has 1 aliphatic rings. The summed E-state index contributed by atoms with van der Waals surface area (Å²) in [6.45, 7) is 2.64. The zero-order valence-electron chi connectivity index (χ0n) is 10.3. The Kier molecular flexibility index (Phi) is 4.04. The number of benzene rings is 1. The number of likely N-dealkylation sites (tertiary alicyclic amines) is 1. The molecule has 0 spiro atoms. The molecule has 0 saturated carbocycles. The molecule has 1 aliphatic heterocycles. The fourth-order valence-electron chi connectivity index (χ4n) is 2.11. The summed E-state index contributed by atoms with van der Waals surface area (Å²) in [6.07, 6.45) is 0.989. The largest absolute Gasteiger partial charge is 0.508 e. The number of phenolic OH excluding ortho intramolecular Hbond substituents is 1. The molecule has 1 saturated heterocycles. The van der Waals surface area contributed by atoms with Crippen molar-refractivity contribution in [2.75, 3.05) is 19.6 Å². The summed E-state index contributed by atoms with van der Waals surface area (Å²) in [5.41, 5.74) is 6.56. The molecule has 0 unspecified atom stereocenters. The molecule has 1 aromatic rings. The summed E-state index contributed by atoms with van der Waals surface area (Å²) in [7, 11) is 0. The summed E-state index contributed by atoms with van der Waals surface area (Å²) < 4.78 is 0. The fourth-order valence-corrected chi connectivity index (χ4v) is 2.11. The number of amides is 2. The third-order valence-corrected chi connectivity index (χ3v) is 3.29. The van der Waals surface area contributed by atoms with Crippen LogP contribution in [0.1, 0.15) is 12.0 Å². The van der Waals surface area contributed by atoms with Crippen molar-refractivity contribution < 1.29 is 9.90 Å². The maximum Gasteiger partial charge on any atom is 0.317 e. The van der Waals surface area contributed by atoms with Gasteiger partial charge in [-0.2, -0.15) is 0 Å². The molecule has 1 atom stereocenters. The summed E-state index contributed by atoms with van der Waals surface area (Å²) in [6, 6.07) is 6.77. The van der Waals surface area contributed by atoms with E-state index < -0.39 is 0 Å². The van der Waals surface area contributed by atoms with Crippen LogP contribution < -0.4 is 11.1 Å². The molecule has 5 nitrogen and oxygen atoms in total. The number of aromatic hydroxyl groups is 1. The standard InChI is InChI=1S/C13H19N3O2/c14-7-11-5-6-16(9-11)13(18)15-8-10-1-3-12(17)4-2-10/h1-4,11,17H,5-9,14H2,(H,15,18)/t11-/m1/s1. The first-order valence-electron chi connectivity index (χ1n) is 6.20. The van der Waals surface area contributed by atoms with Crippen LogP contribution in [0.3, 0.4) is 0 Å². The van der Waals surface area contributed by atoms with Gasteiger partial charge in [-0.15, -0.1) is 0 Å². The number of nitrogens with two attached hydrogens (primary N) is 1. The van der Waals surface area contributed by atoms with E-state index in [1.54, 1.807) is 29.2 Å². The van der Waals surface area contributed by atoms with E-state index in [1.165, 1.54) is 0 Å². The van der Waals surface area contributed by atoms with Crippen molar-refractivity contribution in [1.82, 2.24) is 10.2 Å². The molecule has 18 heavy (non-hydrogen) atoms. The first kappa shape index (κ1) is 12.7. The quantitative estimate of drug-likeness (QED) is 0.744. The molecule has 5 heteroatoms. The second-order valence-corrected chi connectivity index (χ2v) is 4.66. The van der Waals surface area contributed by atoms with Crippen molar-refractivity contribution in [3.05, 3.63) is 29.8 Å². The van der Waals surface area contributed by atoms with Crippen LogP contribution in [0.15, 0.2) is 24.3 Å². The lowest BCUT2D eigenvalue weighted by Gasteiger charge is -2.17. The normalized spacial score (nSPS) is 18.9. The lowest BCUT2D eigenvalue weighted by molar-refractivity contribution is 0.207. The first-order valence-corrected chi connectivity index (χ1v) is 6.20. The molecule has 0 aliphatic carbocycles. The predicted molar refractivity (Wildman–Crippen MR) is 69.1 cm³/mol. The van der Waals surface area contributed by atoms with Gasteiger partial charge < -0.3 is 21.1 Å². The second kappa shape index (κ2) is 5.73. The Hall–Kier alpha value is -1.75. The molecule has 0 aromatic heterocycles. The SMILES string of the molecule is NC[C@H]1CCN(C(=O)NCc2ccc(O)cc2)C1. The molecular formula is C13H19N3O2. The van der Waals surface area contributed by atoms with Crippen LogP contribution in [-0.2, 0) is 6.54 Å². The number of carbonyl (C=O) groups excluding carboxylic acids is 1. The van der Waals surface area contributed by atoms with E-state index in [0.29, 0.717) is 19.0 Å². The summed E-state index contributed by atoms with van der Waals surface area (Å²) in [5.74, 6) is 0.667. The highest BCUT2D eigenvalue weighted by atomic mass is 16.3. The van der Waals surface area contributed by atoms with Crippen LogP contribution in [0.2, 0.25) is 0 Å². The first-order chi connectivity index (χ1) is 8.69. The van der Waals surface area contributed by atoms with Crippen molar-refractivity contribution >= 4 is 6.03 Å². The maximum atomic E-state index is 11.9. The topological polar surface area (TPSA) is 78.6 Å². The number of rotatable bonds is 3. The van der Waals surface area contributed by atoms with Crippen molar-refractivity contribution in [3.8, 4) is 5.75 Å². The van der Waals surface area contributed by atoms with Gasteiger partial charge in [0.2, 0.25) is 0 Å². The highest BCUT2D eigenvalue weighted by Crippen LogP contribution is 2.15. The molecule has 0 bridgehead atoms. The Balaban J connectivity index is 1.80. The van der Waals surface area contributed by atoms with Gasteiger partial charge in [0.05, 0.1) is 0 Å². The highest BCUT2D eigenvalue weighted by molar-refractivity contribution is 5.74. The number of carbonyl (C=O) groups is 1. The lowest BCUT2D eigenvalue weighted by Crippen LogP contribution is -2.38. The van der Waals surface area contributed by atoms with Crippen molar-refractivity contribution in [2.24, 2.45) is 11.7 Å². The van der Waals surface area contributed by atoms with Gasteiger partial charge in [-0.3, -0.25) is 0 Å². The van der Waals surface area contributed by atoms with Gasteiger partial charge >= 0.3 is 6.03 Å². The minimum Gasteiger partial charge on any atom is -0.508 e. The van der Waals surface area contributed by atoms with Gasteiger partial charge in [-0.25, -0.2) is 4.79 Å². The van der Waals surface area contributed by atoms with E-state index in [-0.39, 0.29) is 11.8 Å². The Morgan fingerprint density at radius 3 is 2.78 bits per heavy atom. The second-order valence-electron chi connectivity index (χ2n) is 4.66. The third-order valence-electron chi connectivity index (χ3n) is 3.29. The number of urea groups is 1. The van der Waals surface area contributed by atoms with Crippen molar-refractivity contribution in [2.45, 2.75) is 13.0 Å². The monoisotopic (exact) mass is 249 g/mol. The molecule has 2 amide bonds. The third kappa shape index (κ3) is 3.13. The van der Waals surface area contributed by atoms with Crippen LogP contribution in [0.4, 0.5) is 4.79 Å². The molecule has 1 fully saturated rings. The molecule has 2 rings (SSSR count). The average molecular weight is 249 g/mol. The zero-order valence-corrected chi connectivity index (χ0v) is 10.3. The Labute approximate surface area is 107 Å². The zero-order chi connectivity index (χ0) is 13.0. The van der Waals surface area contributed by atoms with E-state index >= 15 is 0 Å². The molecular weight excluding hydrogens is 230 g/mol. The predicted octanol–water partition coefficient (Wildman–Crippen LogP) is 0.882. The van der Waals surface area contributed by atoms with Crippen LogP contribution in [-0.4, -0.2) is 35.7 Å². The number of phenols is 1. The molecule has 4 N–H and O–H groups in total. The van der Waals surface area contributed by atoms with Gasteiger partial charge in [-0.05, 0) is 36.6 Å². The number of hydrogen-bond acceptors (Lipinski definition) is 3. The average Bonchev–Trinajstić information content (AvgIpc) is 2.86. The van der Waals surface area contributed by atoms with E-state index in [4.69, 9.17) is 10.8 Å². The van der Waals surface area contributed by atoms with Crippen LogP contribution >= 0.6 is 0 Å². The van der Waals surface area contributed by atoms with Gasteiger partial charge in [-0.1, -0.05) is 12.1 Å². The number of hydrogen-bond donors (Lipinski definition) is 3. The van der Waals surface area contributed by atoms with E-state index in [2.05, 4.69) is 5.32 Å². The maximum absolute atomic E-state index is 11.9. The summed E-state index contributed by atoms with van der Waals surface area (Å²) in [5, 5.41) is 12.0. The Bertz CT molecular complexity index is 405. The molecule has 98 valence electrons. The number of nitrogens with one attached hydrogen (secondary N) is 1. The van der Waals surface area contributed by atoms with E-state index in [1.807, 2.05) is 0 Å². The fraction of sp³-hybridized carbons (Fsp3) is 0.462. The van der Waals surface area contributed by atoms with Gasteiger partial charge in [0.25, 0.3) is 0 Å². The van der Waals surface area contributed by atoms with Crippen LogP contribution in [0, 0.1) is 5.92 Å². The van der Waals surface area contributed by atoms with Gasteiger partial charge in [0.1, 0.15) is 5.75 Å². The number of nitrogens with zero attached hydrogens (tertiary/aromatic N) is 1. The van der Waals surface area contributed by atoms with Gasteiger partial charge in [0.15, 0.2) is 0 Å². The summed E-state index contributed by atoms with van der Waals surface area (Å²) >= 11 is 0. The van der Waals surface area contributed by atoms with Crippen molar-refractivity contribution in [1.29, 1.82) is 0 Å². The smallest absolute Gasteiger partial charge is 0.317 e. The van der Waals surface area contributed by atoms with E-state index in [0.717, 1.165) is 25.1 Å². The Morgan fingerprint density at radius 1 is 1.44 bits per heavy atom. The molecule has 1 aromatic carbocycles. The van der Waals surface area contributed by atoms with Crippen LogP contribution in [0.25, 0.3) is 0 Å². The summed E-state index contributed by atoms with van der Waals surface area (Å²) in [4.78, 5) is 13.7. The highest BCUT2D eigenvalue weighted by Gasteiger charge is 2.24.